The fraction of sp³-hybridized carbons (Fsp3) is 0. The Morgan fingerprint density at radius 3 is 2.57 bits per heavy atom. The van der Waals surface area contributed by atoms with Crippen molar-refractivity contribution < 1.29 is 9.72 Å². The molecule has 5 nitrogen and oxygen atoms in total. The maximum Gasteiger partial charge on any atom is 0.289 e. The lowest BCUT2D eigenvalue weighted by Gasteiger charge is -2.03. The van der Waals surface area contributed by atoms with E-state index in [4.69, 9.17) is 11.6 Å². The molecule has 2 aromatic rings. The Bertz CT molecular complexity index is 699. The van der Waals surface area contributed by atoms with Crippen LogP contribution in [0.1, 0.15) is 5.56 Å². The number of carbonyl (C=O) groups excluding carboxylic acids is 1. The van der Waals surface area contributed by atoms with Crippen LogP contribution in [0.4, 0.5) is 11.4 Å². The predicted molar refractivity (Wildman–Crippen MR) is 82.2 cm³/mol. The lowest BCUT2D eigenvalue weighted by atomic mass is 10.2. The molecule has 2 aromatic carbocycles. The Morgan fingerprint density at radius 1 is 1.19 bits per heavy atom. The van der Waals surface area contributed by atoms with Gasteiger partial charge in [-0.1, -0.05) is 41.9 Å². The highest BCUT2D eigenvalue weighted by atomic mass is 35.5. The van der Waals surface area contributed by atoms with E-state index in [1.165, 1.54) is 24.3 Å². The molecule has 0 saturated heterocycles. The Labute approximate surface area is 126 Å². The predicted octanol–water partition coefficient (Wildman–Crippen LogP) is 3.90. The summed E-state index contributed by atoms with van der Waals surface area (Å²) in [5.41, 5.74) is 0.949. The van der Waals surface area contributed by atoms with Gasteiger partial charge in [-0.05, 0) is 23.8 Å². The zero-order valence-corrected chi connectivity index (χ0v) is 11.6. The van der Waals surface area contributed by atoms with Gasteiger partial charge in [-0.25, -0.2) is 0 Å². The van der Waals surface area contributed by atoms with Crippen LogP contribution < -0.4 is 5.32 Å². The summed E-state index contributed by atoms with van der Waals surface area (Å²) >= 11 is 5.70. The quantitative estimate of drug-likeness (QED) is 0.529. The summed E-state index contributed by atoms with van der Waals surface area (Å²) < 4.78 is 0. The zero-order valence-electron chi connectivity index (χ0n) is 10.8. The molecule has 0 aliphatic heterocycles. The van der Waals surface area contributed by atoms with E-state index in [9.17, 15) is 14.9 Å². The summed E-state index contributed by atoms with van der Waals surface area (Å²) in [6, 6.07) is 13.4. The van der Waals surface area contributed by atoms with Crippen LogP contribution in [0.5, 0.6) is 0 Å². The lowest BCUT2D eigenvalue weighted by Crippen LogP contribution is -2.08. The molecule has 0 heterocycles. The summed E-state index contributed by atoms with van der Waals surface area (Å²) in [6.07, 6.45) is 3.01. The Kier molecular flexibility index (Phi) is 4.68. The number of nitro benzene ring substituents is 1. The third kappa shape index (κ3) is 4.15. The third-order valence-electron chi connectivity index (χ3n) is 2.64. The number of hydrogen-bond acceptors (Lipinski definition) is 3. The highest BCUT2D eigenvalue weighted by molar-refractivity contribution is 6.32. The van der Waals surface area contributed by atoms with Crippen molar-refractivity contribution >= 4 is 35.0 Å². The average molecular weight is 303 g/mol. The van der Waals surface area contributed by atoms with Gasteiger partial charge in [-0.15, -0.1) is 0 Å². The van der Waals surface area contributed by atoms with Crippen LogP contribution in [0.3, 0.4) is 0 Å². The van der Waals surface area contributed by atoms with Crippen LogP contribution in [-0.2, 0) is 4.79 Å². The van der Waals surface area contributed by atoms with Crippen molar-refractivity contribution in [3.63, 3.8) is 0 Å². The molecule has 0 aliphatic carbocycles. The second-order valence-electron chi connectivity index (χ2n) is 4.16. The minimum Gasteiger partial charge on any atom is -0.322 e. The van der Waals surface area contributed by atoms with Gasteiger partial charge in [0.15, 0.2) is 0 Å². The largest absolute Gasteiger partial charge is 0.322 e. The molecule has 0 aliphatic rings. The molecule has 2 rings (SSSR count). The number of nitro groups is 1. The van der Waals surface area contributed by atoms with Crippen molar-refractivity contribution in [2.45, 2.75) is 0 Å². The van der Waals surface area contributed by atoms with Crippen LogP contribution >= 0.6 is 11.6 Å². The maximum atomic E-state index is 11.8. The molecule has 0 aromatic heterocycles. The standard InChI is InChI=1S/C15H11ClN2O3/c16-13-8-7-12(10-14(13)18(20)21)17-15(19)9-6-11-4-2-1-3-5-11/h1-10H,(H,17,19). The second-order valence-corrected chi connectivity index (χ2v) is 4.56. The molecule has 0 spiro atoms. The van der Waals surface area contributed by atoms with Gasteiger partial charge in [0.1, 0.15) is 5.02 Å². The zero-order chi connectivity index (χ0) is 15.2. The third-order valence-corrected chi connectivity index (χ3v) is 2.96. The van der Waals surface area contributed by atoms with E-state index in [1.807, 2.05) is 30.3 Å². The van der Waals surface area contributed by atoms with E-state index in [2.05, 4.69) is 5.32 Å². The van der Waals surface area contributed by atoms with Gasteiger partial charge in [0, 0.05) is 17.8 Å². The fourth-order valence-electron chi connectivity index (χ4n) is 1.65. The number of amides is 1. The summed E-state index contributed by atoms with van der Waals surface area (Å²) in [4.78, 5) is 21.9. The molecule has 0 bridgehead atoms. The van der Waals surface area contributed by atoms with Crippen molar-refractivity contribution in [1.82, 2.24) is 0 Å². The number of rotatable bonds is 4. The highest BCUT2D eigenvalue weighted by Gasteiger charge is 2.13. The minimum absolute atomic E-state index is 0.0258. The first-order valence-corrected chi connectivity index (χ1v) is 6.42. The Balaban J connectivity index is 2.08. The van der Waals surface area contributed by atoms with Gasteiger partial charge in [-0.3, -0.25) is 14.9 Å². The Morgan fingerprint density at radius 2 is 1.90 bits per heavy atom. The van der Waals surface area contributed by atoms with Crippen LogP contribution in [-0.4, -0.2) is 10.8 Å². The summed E-state index contributed by atoms with van der Waals surface area (Å²) in [7, 11) is 0. The number of hydrogen-bond donors (Lipinski definition) is 1. The SMILES string of the molecule is O=C(C=Cc1ccccc1)Nc1ccc(Cl)c([N+](=O)[O-])c1. The molecule has 0 unspecified atom stereocenters. The number of anilines is 1. The Hall–Kier alpha value is -2.66. The molecule has 0 saturated carbocycles. The molecule has 0 radical (unpaired) electrons. The monoisotopic (exact) mass is 302 g/mol. The number of halogens is 1. The lowest BCUT2D eigenvalue weighted by molar-refractivity contribution is -0.384. The van der Waals surface area contributed by atoms with Crippen molar-refractivity contribution in [2.75, 3.05) is 5.32 Å². The van der Waals surface area contributed by atoms with E-state index in [0.29, 0.717) is 5.69 Å². The van der Waals surface area contributed by atoms with Gasteiger partial charge in [0.05, 0.1) is 4.92 Å². The van der Waals surface area contributed by atoms with E-state index in [1.54, 1.807) is 6.08 Å². The second kappa shape index (κ2) is 6.67. The average Bonchev–Trinajstić information content (AvgIpc) is 2.48. The first-order chi connectivity index (χ1) is 10.1. The molecule has 6 heteroatoms. The van der Waals surface area contributed by atoms with Gasteiger partial charge < -0.3 is 5.32 Å². The molecule has 1 amide bonds. The summed E-state index contributed by atoms with van der Waals surface area (Å²) in [5, 5.41) is 13.3. The molecule has 106 valence electrons. The van der Waals surface area contributed by atoms with Gasteiger partial charge >= 0.3 is 0 Å². The number of benzene rings is 2. The van der Waals surface area contributed by atoms with Gasteiger partial charge in [0.25, 0.3) is 5.69 Å². The summed E-state index contributed by atoms with van der Waals surface area (Å²) in [6.45, 7) is 0. The molecular formula is C15H11ClN2O3. The topological polar surface area (TPSA) is 72.2 Å². The molecule has 21 heavy (non-hydrogen) atoms. The highest BCUT2D eigenvalue weighted by Crippen LogP contribution is 2.27. The van der Waals surface area contributed by atoms with Crippen LogP contribution in [0, 0.1) is 10.1 Å². The van der Waals surface area contributed by atoms with Crippen molar-refractivity contribution in [2.24, 2.45) is 0 Å². The fourth-order valence-corrected chi connectivity index (χ4v) is 1.84. The van der Waals surface area contributed by atoms with Crippen molar-refractivity contribution in [1.29, 1.82) is 0 Å². The maximum absolute atomic E-state index is 11.8. The van der Waals surface area contributed by atoms with E-state index < -0.39 is 4.92 Å². The van der Waals surface area contributed by atoms with Crippen LogP contribution in [0.2, 0.25) is 5.02 Å². The number of nitrogens with one attached hydrogen (secondary N) is 1. The first kappa shape index (κ1) is 14.7. The first-order valence-electron chi connectivity index (χ1n) is 6.04. The van der Waals surface area contributed by atoms with Gasteiger partial charge in [-0.2, -0.15) is 0 Å². The number of carbonyl (C=O) groups is 1. The molecule has 1 N–H and O–H groups in total. The van der Waals surface area contributed by atoms with E-state index in [0.717, 1.165) is 5.56 Å². The van der Waals surface area contributed by atoms with Gasteiger partial charge in [0.2, 0.25) is 5.91 Å². The number of nitrogens with zero attached hydrogens (tertiary/aromatic N) is 1. The van der Waals surface area contributed by atoms with E-state index in [-0.39, 0.29) is 16.6 Å². The van der Waals surface area contributed by atoms with Crippen molar-refractivity contribution in [3.8, 4) is 0 Å². The van der Waals surface area contributed by atoms with Crippen LogP contribution in [0.25, 0.3) is 6.08 Å². The minimum atomic E-state index is -0.599. The molecule has 0 atom stereocenters. The summed E-state index contributed by atoms with van der Waals surface area (Å²) in [5.74, 6) is -0.379. The van der Waals surface area contributed by atoms with Crippen LogP contribution in [0.15, 0.2) is 54.6 Å². The molecule has 0 fully saturated rings. The van der Waals surface area contributed by atoms with E-state index >= 15 is 0 Å². The van der Waals surface area contributed by atoms with Crippen molar-refractivity contribution in [3.05, 3.63) is 75.3 Å². The smallest absolute Gasteiger partial charge is 0.289 e. The molecular weight excluding hydrogens is 292 g/mol. The normalized spacial score (nSPS) is 10.5.